The molecule has 0 aromatic carbocycles. The summed E-state index contributed by atoms with van der Waals surface area (Å²) in [5.41, 5.74) is 0. The summed E-state index contributed by atoms with van der Waals surface area (Å²) in [7, 11) is 0. The Morgan fingerprint density at radius 1 is 0.882 bits per heavy atom. The van der Waals surface area contributed by atoms with Crippen molar-refractivity contribution < 1.29 is 0 Å². The van der Waals surface area contributed by atoms with Gasteiger partial charge in [-0.2, -0.15) is 0 Å². The Balaban J connectivity index is 3.02. The van der Waals surface area contributed by atoms with E-state index in [0.717, 1.165) is 3.93 Å². The van der Waals surface area contributed by atoms with Crippen molar-refractivity contribution in [3.8, 4) is 0 Å². The number of rotatable bonds is 2. The molecular formula is C15H32Sn2. The molecule has 2 heteroatoms. The first kappa shape index (κ1) is 16.4. The van der Waals surface area contributed by atoms with Gasteiger partial charge in [-0.1, -0.05) is 0 Å². The van der Waals surface area contributed by atoms with Gasteiger partial charge in [0, 0.05) is 0 Å². The van der Waals surface area contributed by atoms with Gasteiger partial charge >= 0.3 is 119 Å². The van der Waals surface area contributed by atoms with Crippen LogP contribution in [-0.2, 0) is 0 Å². The van der Waals surface area contributed by atoms with Gasteiger partial charge in [0.25, 0.3) is 0 Å². The third-order valence-corrected chi connectivity index (χ3v) is 20.6. The van der Waals surface area contributed by atoms with Gasteiger partial charge in [-0.3, -0.25) is 0 Å². The molecule has 0 aliphatic heterocycles. The second-order valence-electron chi connectivity index (χ2n) is 7.82. The van der Waals surface area contributed by atoms with Crippen LogP contribution in [-0.4, -0.2) is 36.8 Å². The second-order valence-corrected chi connectivity index (χ2v) is 37.8. The van der Waals surface area contributed by atoms with Crippen molar-refractivity contribution in [1.29, 1.82) is 0 Å². The molecule has 17 heavy (non-hydrogen) atoms. The second kappa shape index (κ2) is 6.67. The molecule has 100 valence electrons. The fourth-order valence-electron chi connectivity index (χ4n) is 3.13. The summed E-state index contributed by atoms with van der Waals surface area (Å²) in [5.74, 6) is 0. The van der Waals surface area contributed by atoms with Crippen LogP contribution in [0, 0.1) is 0 Å². The van der Waals surface area contributed by atoms with E-state index in [-0.39, 0.29) is 0 Å². The zero-order valence-corrected chi connectivity index (χ0v) is 18.6. The Labute approximate surface area is 117 Å². The van der Waals surface area contributed by atoms with Crippen LogP contribution in [0.3, 0.4) is 0 Å². The molecule has 1 atom stereocenters. The monoisotopic (exact) mass is 452 g/mol. The minimum atomic E-state index is -1.85. The predicted molar refractivity (Wildman–Crippen MR) is 86.2 cm³/mol. The quantitative estimate of drug-likeness (QED) is 0.464. The summed E-state index contributed by atoms with van der Waals surface area (Å²) in [6.07, 6.45) is 11.5. The molecule has 1 rings (SSSR count). The molecule has 0 amide bonds. The van der Waals surface area contributed by atoms with E-state index < -0.39 is 36.8 Å². The molecule has 0 spiro atoms. The molecule has 1 unspecified atom stereocenters. The van der Waals surface area contributed by atoms with E-state index in [0.29, 0.717) is 0 Å². The zero-order valence-electron chi connectivity index (χ0n) is 12.9. The average molecular weight is 450 g/mol. The van der Waals surface area contributed by atoms with Crippen molar-refractivity contribution in [2.24, 2.45) is 0 Å². The topological polar surface area (TPSA) is 0 Å². The summed E-state index contributed by atoms with van der Waals surface area (Å²) < 4.78 is 3.09. The summed E-state index contributed by atoms with van der Waals surface area (Å²) in [6, 6.07) is 0. The van der Waals surface area contributed by atoms with E-state index in [1.54, 1.807) is 0 Å². The third-order valence-electron chi connectivity index (χ3n) is 4.10. The van der Waals surface area contributed by atoms with Crippen molar-refractivity contribution >= 4 is 36.8 Å². The van der Waals surface area contributed by atoms with Crippen LogP contribution in [0.15, 0.2) is 9.67 Å². The first-order valence-electron chi connectivity index (χ1n) is 7.43. The SMILES string of the molecule is [CH3][Sn]([CH3])([CH3])/[C]1=C/CCCCCC[CH]1[Sn]([CH3])([CH3])[CH3]. The zero-order chi connectivity index (χ0) is 13.1. The molecular weight excluding hydrogens is 418 g/mol. The Bertz CT molecular complexity index is 266. The molecule has 0 fully saturated rings. The molecule has 0 aromatic rings. The van der Waals surface area contributed by atoms with Crippen LogP contribution in [0.1, 0.15) is 38.5 Å². The van der Waals surface area contributed by atoms with Crippen molar-refractivity contribution in [1.82, 2.24) is 0 Å². The van der Waals surface area contributed by atoms with E-state index in [2.05, 4.69) is 35.7 Å². The van der Waals surface area contributed by atoms with E-state index in [1.165, 1.54) is 38.5 Å². The normalized spacial score (nSPS) is 27.6. The standard InChI is InChI=1S/C9H14.6CH3.2Sn/c1-2-4-6-8-9-7-5-3-1;;;;;;;;/h1,5H,2,4,6-9H2;6*1H3;;. The summed E-state index contributed by atoms with van der Waals surface area (Å²) in [6.45, 7) is 0. The fourth-order valence-corrected chi connectivity index (χ4v) is 31.3. The van der Waals surface area contributed by atoms with Gasteiger partial charge in [0.05, 0.1) is 0 Å². The molecule has 0 heterocycles. The Morgan fingerprint density at radius 3 is 2.00 bits per heavy atom. The Morgan fingerprint density at radius 2 is 1.47 bits per heavy atom. The third kappa shape index (κ3) is 5.46. The molecule has 0 saturated carbocycles. The van der Waals surface area contributed by atoms with Crippen molar-refractivity contribution in [3.63, 3.8) is 0 Å². The number of hydrogen-bond acceptors (Lipinski definition) is 0. The van der Waals surface area contributed by atoms with Gasteiger partial charge in [0.1, 0.15) is 0 Å². The molecule has 0 nitrogen and oxygen atoms in total. The molecule has 0 saturated heterocycles. The van der Waals surface area contributed by atoms with Crippen LogP contribution in [0.4, 0.5) is 0 Å². The number of allylic oxidation sites excluding steroid dienone is 2. The first-order valence-corrected chi connectivity index (χ1v) is 27.6. The van der Waals surface area contributed by atoms with Gasteiger partial charge in [-0.05, 0) is 0 Å². The van der Waals surface area contributed by atoms with Crippen LogP contribution >= 0.6 is 0 Å². The van der Waals surface area contributed by atoms with Crippen molar-refractivity contribution in [2.45, 2.75) is 72.1 Å². The Hall–Kier alpha value is 1.34. The molecule has 0 radical (unpaired) electrons. The van der Waals surface area contributed by atoms with Gasteiger partial charge < -0.3 is 0 Å². The minimum absolute atomic E-state index is 1.07. The molecule has 0 N–H and O–H groups in total. The van der Waals surface area contributed by atoms with Crippen molar-refractivity contribution in [3.05, 3.63) is 9.67 Å². The van der Waals surface area contributed by atoms with Gasteiger partial charge in [-0.15, -0.1) is 0 Å². The molecule has 0 aromatic heterocycles. The summed E-state index contributed by atoms with van der Waals surface area (Å²) in [4.78, 5) is 15.9. The van der Waals surface area contributed by atoms with Crippen LogP contribution in [0.2, 0.25) is 33.6 Å². The predicted octanol–water partition coefficient (Wildman–Crippen LogP) is 5.85. The maximum atomic E-state index is 2.72. The van der Waals surface area contributed by atoms with E-state index >= 15 is 0 Å². The van der Waals surface area contributed by atoms with Crippen molar-refractivity contribution in [2.75, 3.05) is 0 Å². The molecule has 0 bridgehead atoms. The molecule has 1 aliphatic carbocycles. The number of hydrogen-bond donors (Lipinski definition) is 0. The molecule has 1 aliphatic rings. The van der Waals surface area contributed by atoms with E-state index in [4.69, 9.17) is 0 Å². The van der Waals surface area contributed by atoms with Gasteiger partial charge in [0.15, 0.2) is 0 Å². The first-order chi connectivity index (χ1) is 7.73. The van der Waals surface area contributed by atoms with Gasteiger partial charge in [0.2, 0.25) is 0 Å². The Kier molecular flexibility index (Phi) is 6.43. The van der Waals surface area contributed by atoms with Crippen LogP contribution in [0.5, 0.6) is 0 Å². The van der Waals surface area contributed by atoms with Crippen LogP contribution < -0.4 is 0 Å². The summed E-state index contributed by atoms with van der Waals surface area (Å²) in [5, 5.41) is 0. The fraction of sp³-hybridized carbons (Fsp3) is 0.867. The van der Waals surface area contributed by atoms with E-state index in [9.17, 15) is 0 Å². The summed E-state index contributed by atoms with van der Waals surface area (Å²) >= 11 is -3.63. The average Bonchev–Trinajstić information content (AvgIpc) is 2.25. The van der Waals surface area contributed by atoms with Gasteiger partial charge in [-0.25, -0.2) is 0 Å². The van der Waals surface area contributed by atoms with Crippen LogP contribution in [0.25, 0.3) is 0 Å². The maximum absolute atomic E-state index is 2.72. The van der Waals surface area contributed by atoms with E-state index in [1.807, 2.05) is 3.59 Å².